The molecule has 1 atom stereocenters. The third kappa shape index (κ3) is 5.50. The lowest BCUT2D eigenvalue weighted by atomic mass is 9.87. The molecular weight excluding hydrogens is 284 g/mol. The second-order valence-corrected chi connectivity index (χ2v) is 6.72. The summed E-state index contributed by atoms with van der Waals surface area (Å²) < 4.78 is 5.93. The van der Waals surface area contributed by atoms with Gasteiger partial charge in [-0.3, -0.25) is 4.90 Å². The van der Waals surface area contributed by atoms with Crippen molar-refractivity contribution in [2.75, 3.05) is 32.8 Å². The predicted molar refractivity (Wildman–Crippen MR) is 91.8 cm³/mol. The van der Waals surface area contributed by atoms with Crippen LogP contribution in [0.1, 0.15) is 33.3 Å². The van der Waals surface area contributed by atoms with Gasteiger partial charge in [-0.15, -0.1) is 12.4 Å². The van der Waals surface area contributed by atoms with E-state index in [1.807, 2.05) is 0 Å². The molecule has 21 heavy (non-hydrogen) atoms. The molecule has 4 heteroatoms. The average Bonchev–Trinajstić information content (AvgIpc) is 2.40. The summed E-state index contributed by atoms with van der Waals surface area (Å²) in [6.45, 7) is 14.0. The van der Waals surface area contributed by atoms with E-state index in [9.17, 15) is 0 Å². The summed E-state index contributed by atoms with van der Waals surface area (Å²) in [6.07, 6.45) is 0. The zero-order valence-corrected chi connectivity index (χ0v) is 14.5. The Bertz CT molecular complexity index is 431. The van der Waals surface area contributed by atoms with Crippen LogP contribution in [0.5, 0.6) is 5.75 Å². The first kappa shape index (κ1) is 18.3. The lowest BCUT2D eigenvalue weighted by molar-refractivity contribution is 0.143. The quantitative estimate of drug-likeness (QED) is 0.924. The molecule has 0 amide bonds. The first-order valence-electron chi connectivity index (χ1n) is 7.65. The topological polar surface area (TPSA) is 24.5 Å². The van der Waals surface area contributed by atoms with Gasteiger partial charge in [-0.2, -0.15) is 0 Å². The molecule has 1 heterocycles. The van der Waals surface area contributed by atoms with Crippen LogP contribution in [0.2, 0.25) is 0 Å². The van der Waals surface area contributed by atoms with Gasteiger partial charge >= 0.3 is 0 Å². The predicted octanol–water partition coefficient (Wildman–Crippen LogP) is 3.08. The number of ether oxygens (including phenoxy) is 1. The van der Waals surface area contributed by atoms with Crippen molar-refractivity contribution < 1.29 is 4.74 Å². The van der Waals surface area contributed by atoms with Crippen molar-refractivity contribution in [1.82, 2.24) is 10.2 Å². The number of benzene rings is 1. The van der Waals surface area contributed by atoms with E-state index in [0.717, 1.165) is 38.5 Å². The summed E-state index contributed by atoms with van der Waals surface area (Å²) in [6, 6.07) is 9.08. The van der Waals surface area contributed by atoms with Gasteiger partial charge in [0.25, 0.3) is 0 Å². The standard InChI is InChI=1S/C17H28N2O.ClH/c1-14-13-18-8-9-19(14)10-11-20-16-7-5-6-15(12-16)17(2,3)4;/h5-7,12,14,18H,8-11,13H2,1-4H3;1H/t14-;/m0./s1. The highest BCUT2D eigenvalue weighted by Crippen LogP contribution is 2.25. The van der Waals surface area contributed by atoms with Crippen molar-refractivity contribution >= 4 is 12.4 Å². The minimum Gasteiger partial charge on any atom is -0.492 e. The van der Waals surface area contributed by atoms with Crippen molar-refractivity contribution in [3.05, 3.63) is 29.8 Å². The molecule has 0 aromatic heterocycles. The van der Waals surface area contributed by atoms with Crippen molar-refractivity contribution in [2.45, 2.75) is 39.2 Å². The lowest BCUT2D eigenvalue weighted by Crippen LogP contribution is -2.50. The largest absolute Gasteiger partial charge is 0.492 e. The molecule has 120 valence electrons. The summed E-state index contributed by atoms with van der Waals surface area (Å²) >= 11 is 0. The van der Waals surface area contributed by atoms with Crippen LogP contribution >= 0.6 is 12.4 Å². The van der Waals surface area contributed by atoms with Gasteiger partial charge in [0.2, 0.25) is 0 Å². The molecule has 1 N–H and O–H groups in total. The van der Waals surface area contributed by atoms with Gasteiger partial charge in [-0.1, -0.05) is 32.9 Å². The molecule has 1 aliphatic rings. The molecule has 1 aromatic rings. The number of hydrogen-bond donors (Lipinski definition) is 1. The maximum Gasteiger partial charge on any atom is 0.119 e. The number of rotatable bonds is 4. The van der Waals surface area contributed by atoms with Crippen LogP contribution in [-0.2, 0) is 5.41 Å². The zero-order valence-electron chi connectivity index (χ0n) is 13.7. The lowest BCUT2D eigenvalue weighted by Gasteiger charge is -2.33. The molecule has 1 aromatic carbocycles. The molecular formula is C17H29ClN2O. The van der Waals surface area contributed by atoms with Gasteiger partial charge in [0.15, 0.2) is 0 Å². The van der Waals surface area contributed by atoms with E-state index >= 15 is 0 Å². The van der Waals surface area contributed by atoms with Gasteiger partial charge < -0.3 is 10.1 Å². The van der Waals surface area contributed by atoms with E-state index in [1.165, 1.54) is 5.56 Å². The Morgan fingerprint density at radius 3 is 2.76 bits per heavy atom. The first-order chi connectivity index (χ1) is 9.47. The summed E-state index contributed by atoms with van der Waals surface area (Å²) in [4.78, 5) is 2.49. The monoisotopic (exact) mass is 312 g/mol. The fraction of sp³-hybridized carbons (Fsp3) is 0.647. The van der Waals surface area contributed by atoms with Crippen LogP contribution in [0, 0.1) is 0 Å². The molecule has 1 saturated heterocycles. The normalized spacial score (nSPS) is 19.9. The molecule has 1 aliphatic heterocycles. The Labute approximate surface area is 135 Å². The number of nitrogens with one attached hydrogen (secondary N) is 1. The van der Waals surface area contributed by atoms with E-state index in [4.69, 9.17) is 4.74 Å². The zero-order chi connectivity index (χ0) is 14.6. The maximum absolute atomic E-state index is 5.93. The minimum atomic E-state index is 0. The van der Waals surface area contributed by atoms with E-state index in [0.29, 0.717) is 6.04 Å². The molecule has 0 radical (unpaired) electrons. The summed E-state index contributed by atoms with van der Waals surface area (Å²) in [7, 11) is 0. The van der Waals surface area contributed by atoms with Crippen LogP contribution in [-0.4, -0.2) is 43.7 Å². The van der Waals surface area contributed by atoms with Crippen molar-refractivity contribution in [1.29, 1.82) is 0 Å². The van der Waals surface area contributed by atoms with Crippen LogP contribution < -0.4 is 10.1 Å². The minimum absolute atomic E-state index is 0. The molecule has 1 fully saturated rings. The van der Waals surface area contributed by atoms with E-state index in [1.54, 1.807) is 0 Å². The maximum atomic E-state index is 5.93. The molecule has 0 aliphatic carbocycles. The first-order valence-corrected chi connectivity index (χ1v) is 7.65. The number of hydrogen-bond acceptors (Lipinski definition) is 3. The number of nitrogens with zero attached hydrogens (tertiary/aromatic N) is 1. The highest BCUT2D eigenvalue weighted by Gasteiger charge is 2.17. The molecule has 2 rings (SSSR count). The SMILES string of the molecule is C[C@H]1CNCCN1CCOc1cccc(C(C)(C)C)c1.Cl. The fourth-order valence-electron chi connectivity index (χ4n) is 2.55. The Kier molecular flexibility index (Phi) is 6.98. The Morgan fingerprint density at radius 2 is 2.10 bits per heavy atom. The number of piperazine rings is 1. The molecule has 0 unspecified atom stereocenters. The van der Waals surface area contributed by atoms with E-state index in [2.05, 4.69) is 62.2 Å². The smallest absolute Gasteiger partial charge is 0.119 e. The highest BCUT2D eigenvalue weighted by atomic mass is 35.5. The summed E-state index contributed by atoms with van der Waals surface area (Å²) in [5, 5.41) is 3.41. The van der Waals surface area contributed by atoms with Gasteiger partial charge in [0.05, 0.1) is 0 Å². The van der Waals surface area contributed by atoms with Gasteiger partial charge in [-0.05, 0) is 30.0 Å². The van der Waals surface area contributed by atoms with Crippen LogP contribution in [0.25, 0.3) is 0 Å². The third-order valence-electron chi connectivity index (χ3n) is 3.99. The van der Waals surface area contributed by atoms with Crippen LogP contribution in [0.15, 0.2) is 24.3 Å². The molecule has 0 bridgehead atoms. The fourth-order valence-corrected chi connectivity index (χ4v) is 2.55. The molecule has 3 nitrogen and oxygen atoms in total. The Morgan fingerprint density at radius 1 is 1.33 bits per heavy atom. The van der Waals surface area contributed by atoms with Crippen molar-refractivity contribution in [2.24, 2.45) is 0 Å². The third-order valence-corrected chi connectivity index (χ3v) is 3.99. The van der Waals surface area contributed by atoms with E-state index < -0.39 is 0 Å². The van der Waals surface area contributed by atoms with Gasteiger partial charge in [0, 0.05) is 32.2 Å². The summed E-state index contributed by atoms with van der Waals surface area (Å²) in [5.41, 5.74) is 1.50. The average molecular weight is 313 g/mol. The number of halogens is 1. The highest BCUT2D eigenvalue weighted by molar-refractivity contribution is 5.85. The summed E-state index contributed by atoms with van der Waals surface area (Å²) in [5.74, 6) is 0.986. The van der Waals surface area contributed by atoms with Crippen LogP contribution in [0.3, 0.4) is 0 Å². The second-order valence-electron chi connectivity index (χ2n) is 6.72. The van der Waals surface area contributed by atoms with Gasteiger partial charge in [-0.25, -0.2) is 0 Å². The van der Waals surface area contributed by atoms with Crippen molar-refractivity contribution in [3.63, 3.8) is 0 Å². The van der Waals surface area contributed by atoms with Crippen LogP contribution in [0.4, 0.5) is 0 Å². The van der Waals surface area contributed by atoms with Crippen molar-refractivity contribution in [3.8, 4) is 5.75 Å². The molecule has 0 spiro atoms. The second kappa shape index (κ2) is 8.02. The molecule has 0 saturated carbocycles. The van der Waals surface area contributed by atoms with Gasteiger partial charge in [0.1, 0.15) is 12.4 Å². The Hall–Kier alpha value is -0.770. The Balaban J connectivity index is 0.00000220. The van der Waals surface area contributed by atoms with E-state index in [-0.39, 0.29) is 17.8 Å².